The fourth-order valence-corrected chi connectivity index (χ4v) is 3.94. The number of benzene rings is 2. The Labute approximate surface area is 187 Å². The monoisotopic (exact) mass is 475 g/mol. The van der Waals surface area contributed by atoms with Gasteiger partial charge >= 0.3 is 6.09 Å². The summed E-state index contributed by atoms with van der Waals surface area (Å²) in [5.74, 6) is 1.55. The van der Waals surface area contributed by atoms with Crippen molar-refractivity contribution in [2.24, 2.45) is 0 Å². The highest BCUT2D eigenvalue weighted by molar-refractivity contribution is 9.10. The summed E-state index contributed by atoms with van der Waals surface area (Å²) in [5, 5.41) is 0. The minimum absolute atomic E-state index is 0.178. The molecule has 0 atom stereocenters. The molecule has 0 aliphatic carbocycles. The molecule has 1 heterocycles. The van der Waals surface area contributed by atoms with E-state index in [1.54, 1.807) is 12.0 Å². The summed E-state index contributed by atoms with van der Waals surface area (Å²) in [7, 11) is 1.65. The van der Waals surface area contributed by atoms with Crippen LogP contribution in [-0.2, 0) is 10.2 Å². The SMILES string of the molecule is COc1cccc(OCC2(c3ccc(Br)cc3)CCN(C(=O)OC(C)(C)C)CC2)c1. The van der Waals surface area contributed by atoms with Crippen LogP contribution >= 0.6 is 15.9 Å². The quantitative estimate of drug-likeness (QED) is 0.547. The maximum atomic E-state index is 12.5. The highest BCUT2D eigenvalue weighted by atomic mass is 79.9. The van der Waals surface area contributed by atoms with E-state index in [2.05, 4.69) is 40.2 Å². The second kappa shape index (κ2) is 9.29. The normalized spacial score (nSPS) is 16.1. The van der Waals surface area contributed by atoms with E-state index in [0.717, 1.165) is 28.8 Å². The molecule has 1 aliphatic rings. The van der Waals surface area contributed by atoms with Gasteiger partial charge in [0.15, 0.2) is 0 Å². The van der Waals surface area contributed by atoms with E-state index >= 15 is 0 Å². The maximum Gasteiger partial charge on any atom is 0.410 e. The lowest BCUT2D eigenvalue weighted by molar-refractivity contribution is 0.0133. The molecule has 6 heteroatoms. The van der Waals surface area contributed by atoms with Crippen molar-refractivity contribution in [3.05, 3.63) is 58.6 Å². The first-order valence-electron chi connectivity index (χ1n) is 10.2. The van der Waals surface area contributed by atoms with Gasteiger partial charge in [-0.1, -0.05) is 34.1 Å². The molecular weight excluding hydrogens is 446 g/mol. The molecule has 0 aromatic heterocycles. The van der Waals surface area contributed by atoms with E-state index in [0.29, 0.717) is 19.7 Å². The number of halogens is 1. The van der Waals surface area contributed by atoms with Crippen LogP contribution in [0.3, 0.4) is 0 Å². The number of amides is 1. The number of nitrogens with zero attached hydrogens (tertiary/aromatic N) is 1. The van der Waals surface area contributed by atoms with Gasteiger partial charge < -0.3 is 19.1 Å². The minimum Gasteiger partial charge on any atom is -0.497 e. The van der Waals surface area contributed by atoms with Gasteiger partial charge in [-0.3, -0.25) is 0 Å². The number of methoxy groups -OCH3 is 1. The van der Waals surface area contributed by atoms with Gasteiger partial charge in [-0.25, -0.2) is 4.79 Å². The third-order valence-electron chi connectivity index (χ3n) is 5.39. The summed E-state index contributed by atoms with van der Waals surface area (Å²) in [6.07, 6.45) is 1.36. The van der Waals surface area contributed by atoms with Gasteiger partial charge in [-0.15, -0.1) is 0 Å². The Morgan fingerprint density at radius 1 is 1.07 bits per heavy atom. The van der Waals surface area contributed by atoms with Crippen LogP contribution in [0.5, 0.6) is 11.5 Å². The Morgan fingerprint density at radius 3 is 2.30 bits per heavy atom. The molecule has 2 aromatic carbocycles. The molecular formula is C24H30BrNO4. The van der Waals surface area contributed by atoms with E-state index in [1.165, 1.54) is 5.56 Å². The molecule has 1 saturated heterocycles. The zero-order valence-electron chi connectivity index (χ0n) is 18.1. The lowest BCUT2D eigenvalue weighted by Crippen LogP contribution is -2.49. The van der Waals surface area contributed by atoms with Crippen molar-refractivity contribution in [3.63, 3.8) is 0 Å². The third kappa shape index (κ3) is 5.69. The first-order valence-corrected chi connectivity index (χ1v) is 11.0. The highest BCUT2D eigenvalue weighted by Gasteiger charge is 2.39. The summed E-state index contributed by atoms with van der Waals surface area (Å²) in [6, 6.07) is 16.1. The van der Waals surface area contributed by atoms with Crippen LogP contribution in [-0.4, -0.2) is 43.4 Å². The van der Waals surface area contributed by atoms with Gasteiger partial charge in [0.25, 0.3) is 0 Å². The molecule has 0 radical (unpaired) electrons. The fourth-order valence-electron chi connectivity index (χ4n) is 3.68. The number of ether oxygens (including phenoxy) is 3. The van der Waals surface area contributed by atoms with E-state index < -0.39 is 5.60 Å². The summed E-state index contributed by atoms with van der Waals surface area (Å²) < 4.78 is 18.1. The molecule has 30 heavy (non-hydrogen) atoms. The Morgan fingerprint density at radius 2 is 1.70 bits per heavy atom. The number of carbonyl (C=O) groups is 1. The number of hydrogen-bond acceptors (Lipinski definition) is 4. The molecule has 0 unspecified atom stereocenters. The van der Waals surface area contributed by atoms with Crippen molar-refractivity contribution in [1.82, 2.24) is 4.90 Å². The molecule has 1 amide bonds. The topological polar surface area (TPSA) is 48.0 Å². The highest BCUT2D eigenvalue weighted by Crippen LogP contribution is 2.37. The van der Waals surface area contributed by atoms with Crippen LogP contribution in [0.2, 0.25) is 0 Å². The zero-order chi connectivity index (χ0) is 21.8. The minimum atomic E-state index is -0.493. The first-order chi connectivity index (χ1) is 14.2. The van der Waals surface area contributed by atoms with Gasteiger partial charge in [-0.05, 0) is 63.4 Å². The lowest BCUT2D eigenvalue weighted by Gasteiger charge is -2.42. The van der Waals surface area contributed by atoms with Crippen molar-refractivity contribution in [1.29, 1.82) is 0 Å². The molecule has 0 saturated carbocycles. The first kappa shape index (κ1) is 22.5. The number of likely N-dealkylation sites (tertiary alicyclic amines) is 1. The van der Waals surface area contributed by atoms with E-state index in [9.17, 15) is 4.79 Å². The smallest absolute Gasteiger partial charge is 0.410 e. The van der Waals surface area contributed by atoms with E-state index in [4.69, 9.17) is 14.2 Å². The van der Waals surface area contributed by atoms with Crippen LogP contribution < -0.4 is 9.47 Å². The predicted octanol–water partition coefficient (Wildman–Crippen LogP) is 5.81. The van der Waals surface area contributed by atoms with Crippen LogP contribution in [0.4, 0.5) is 4.79 Å². The van der Waals surface area contributed by atoms with E-state index in [1.807, 2.05) is 45.0 Å². The Balaban J connectivity index is 1.76. The van der Waals surface area contributed by atoms with Crippen LogP contribution in [0, 0.1) is 0 Å². The molecule has 5 nitrogen and oxygen atoms in total. The van der Waals surface area contributed by atoms with Gasteiger partial charge in [0.2, 0.25) is 0 Å². The largest absolute Gasteiger partial charge is 0.497 e. The molecule has 162 valence electrons. The van der Waals surface area contributed by atoms with Crippen molar-refractivity contribution < 1.29 is 19.0 Å². The van der Waals surface area contributed by atoms with Crippen molar-refractivity contribution >= 4 is 22.0 Å². The van der Waals surface area contributed by atoms with Gasteiger partial charge in [0.05, 0.1) is 13.7 Å². The molecule has 2 aromatic rings. The van der Waals surface area contributed by atoms with Gasteiger partial charge in [0.1, 0.15) is 17.1 Å². The van der Waals surface area contributed by atoms with Crippen molar-refractivity contribution in [3.8, 4) is 11.5 Å². The summed E-state index contributed by atoms with van der Waals surface area (Å²) in [4.78, 5) is 14.3. The predicted molar refractivity (Wildman–Crippen MR) is 121 cm³/mol. The summed E-state index contributed by atoms with van der Waals surface area (Å²) in [5.41, 5.74) is 0.548. The van der Waals surface area contributed by atoms with E-state index in [-0.39, 0.29) is 11.5 Å². The number of carbonyl (C=O) groups excluding carboxylic acids is 1. The Bertz CT molecular complexity index is 852. The molecule has 3 rings (SSSR count). The molecule has 0 bridgehead atoms. The average molecular weight is 476 g/mol. The number of piperidine rings is 1. The summed E-state index contributed by atoms with van der Waals surface area (Å²) in [6.45, 7) is 7.47. The maximum absolute atomic E-state index is 12.5. The zero-order valence-corrected chi connectivity index (χ0v) is 19.7. The Kier molecular flexibility index (Phi) is 6.96. The number of hydrogen-bond donors (Lipinski definition) is 0. The molecule has 0 N–H and O–H groups in total. The number of rotatable bonds is 5. The van der Waals surface area contributed by atoms with Crippen molar-refractivity contribution in [2.45, 2.75) is 44.6 Å². The Hall–Kier alpha value is -2.21. The second-order valence-corrected chi connectivity index (χ2v) is 9.64. The second-order valence-electron chi connectivity index (χ2n) is 8.72. The molecule has 0 spiro atoms. The molecule has 1 aliphatic heterocycles. The van der Waals surface area contributed by atoms with Crippen molar-refractivity contribution in [2.75, 3.05) is 26.8 Å². The van der Waals surface area contributed by atoms with Crippen LogP contribution in [0.1, 0.15) is 39.2 Å². The van der Waals surface area contributed by atoms with Crippen LogP contribution in [0.15, 0.2) is 53.0 Å². The average Bonchev–Trinajstić information content (AvgIpc) is 2.72. The standard InChI is InChI=1S/C24H30BrNO4/c1-23(2,3)30-22(27)26-14-12-24(13-15-26,18-8-10-19(25)11-9-18)17-29-21-7-5-6-20(16-21)28-4/h5-11,16H,12-15,17H2,1-4H3. The third-order valence-corrected chi connectivity index (χ3v) is 5.91. The summed E-state index contributed by atoms with van der Waals surface area (Å²) >= 11 is 3.52. The van der Waals surface area contributed by atoms with Gasteiger partial charge in [0, 0.05) is 29.0 Å². The fraction of sp³-hybridized carbons (Fsp3) is 0.458. The molecule has 1 fully saturated rings. The van der Waals surface area contributed by atoms with Crippen LogP contribution in [0.25, 0.3) is 0 Å². The van der Waals surface area contributed by atoms with Gasteiger partial charge in [-0.2, -0.15) is 0 Å². The lowest BCUT2D eigenvalue weighted by atomic mass is 9.73.